The molecule has 1 saturated heterocycles. The molecule has 0 saturated carbocycles. The number of hydrogen-bond donors (Lipinski definition) is 4. The van der Waals surface area contributed by atoms with E-state index < -0.39 is 11.3 Å². The predicted molar refractivity (Wildman–Crippen MR) is 107 cm³/mol. The van der Waals surface area contributed by atoms with Crippen LogP contribution in [-0.4, -0.2) is 42.4 Å². The van der Waals surface area contributed by atoms with Crippen LogP contribution in [0.5, 0.6) is 0 Å². The Morgan fingerprint density at radius 2 is 1.89 bits per heavy atom. The van der Waals surface area contributed by atoms with Gasteiger partial charge in [0, 0.05) is 38.7 Å². The molecule has 1 atom stereocenters. The van der Waals surface area contributed by atoms with Crippen molar-refractivity contribution in [1.29, 1.82) is 0 Å². The van der Waals surface area contributed by atoms with E-state index in [0.29, 0.717) is 49.0 Å². The average molecular weight is 415 g/mol. The van der Waals surface area contributed by atoms with Crippen molar-refractivity contribution in [1.82, 2.24) is 9.88 Å². The molecule has 27 heavy (non-hydrogen) atoms. The molecule has 2 aliphatic rings. The first-order valence-electron chi connectivity index (χ1n) is 8.48. The van der Waals surface area contributed by atoms with Crippen molar-refractivity contribution >= 4 is 34.8 Å². The normalized spacial score (nSPS) is 25.1. The standard InChI is InChI=1S/C17H24Cl2N6O2/c1-26-16(4-6-27-7-5-16)9-25-13(21)3-2-11(18)17(25,23)10-8-12(20)24-15(22)14(10)19/h2-3,8H,4-7,9,21,23H2,1H3,(H4,20,22,24). The molecule has 1 fully saturated rings. The lowest BCUT2D eigenvalue weighted by molar-refractivity contribution is -0.109. The Hall–Kier alpha value is -1.71. The quantitative estimate of drug-likeness (QED) is 0.580. The maximum absolute atomic E-state index is 6.82. The van der Waals surface area contributed by atoms with Crippen molar-refractivity contribution in [3.63, 3.8) is 0 Å². The van der Waals surface area contributed by atoms with E-state index >= 15 is 0 Å². The summed E-state index contributed by atoms with van der Waals surface area (Å²) < 4.78 is 11.3. The fourth-order valence-electron chi connectivity index (χ4n) is 3.50. The lowest BCUT2D eigenvalue weighted by Gasteiger charge is -2.49. The monoisotopic (exact) mass is 414 g/mol. The van der Waals surface area contributed by atoms with Gasteiger partial charge in [-0.2, -0.15) is 0 Å². The van der Waals surface area contributed by atoms with Gasteiger partial charge in [0.1, 0.15) is 17.5 Å². The van der Waals surface area contributed by atoms with Crippen LogP contribution in [-0.2, 0) is 15.1 Å². The van der Waals surface area contributed by atoms with Crippen molar-refractivity contribution in [2.45, 2.75) is 24.1 Å². The summed E-state index contributed by atoms with van der Waals surface area (Å²) in [6.07, 6.45) is 4.72. The number of ether oxygens (including phenoxy) is 2. The first-order valence-corrected chi connectivity index (χ1v) is 9.24. The topological polar surface area (TPSA) is 139 Å². The number of pyridine rings is 1. The van der Waals surface area contributed by atoms with E-state index in [1.807, 2.05) is 0 Å². The number of allylic oxidation sites excluding steroid dienone is 2. The Morgan fingerprint density at radius 1 is 1.22 bits per heavy atom. The zero-order chi connectivity index (χ0) is 19.8. The Kier molecular flexibility index (Phi) is 5.47. The van der Waals surface area contributed by atoms with E-state index in [1.165, 1.54) is 0 Å². The number of methoxy groups -OCH3 is 1. The molecule has 1 unspecified atom stereocenters. The second-order valence-corrected chi connectivity index (χ2v) is 7.54. The molecular weight excluding hydrogens is 391 g/mol. The number of nitrogen functional groups attached to an aromatic ring is 2. The Labute approximate surface area is 168 Å². The van der Waals surface area contributed by atoms with Crippen LogP contribution in [0.3, 0.4) is 0 Å². The highest BCUT2D eigenvalue weighted by Crippen LogP contribution is 2.44. The first kappa shape index (κ1) is 20.0. The number of anilines is 2. The van der Waals surface area contributed by atoms with Gasteiger partial charge in [-0.1, -0.05) is 23.2 Å². The van der Waals surface area contributed by atoms with E-state index in [9.17, 15) is 0 Å². The van der Waals surface area contributed by atoms with Crippen LogP contribution in [0.1, 0.15) is 18.4 Å². The smallest absolute Gasteiger partial charge is 0.155 e. The summed E-state index contributed by atoms with van der Waals surface area (Å²) in [4.78, 5) is 5.74. The minimum atomic E-state index is -1.37. The number of rotatable bonds is 4. The predicted octanol–water partition coefficient (Wildman–Crippen LogP) is 1.44. The zero-order valence-corrected chi connectivity index (χ0v) is 16.6. The van der Waals surface area contributed by atoms with Gasteiger partial charge in [-0.15, -0.1) is 0 Å². The fraction of sp³-hybridized carbons (Fsp3) is 0.471. The highest BCUT2D eigenvalue weighted by Gasteiger charge is 2.47. The van der Waals surface area contributed by atoms with Crippen LogP contribution < -0.4 is 22.9 Å². The van der Waals surface area contributed by atoms with E-state index in [2.05, 4.69) is 4.98 Å². The maximum atomic E-state index is 6.82. The van der Waals surface area contributed by atoms with Gasteiger partial charge in [0.25, 0.3) is 0 Å². The molecule has 3 heterocycles. The Balaban J connectivity index is 2.10. The minimum absolute atomic E-state index is 0.0709. The molecule has 0 aromatic carbocycles. The van der Waals surface area contributed by atoms with E-state index in [4.69, 9.17) is 55.6 Å². The van der Waals surface area contributed by atoms with Gasteiger partial charge in [0.2, 0.25) is 0 Å². The molecule has 148 valence electrons. The number of aromatic nitrogens is 1. The van der Waals surface area contributed by atoms with Gasteiger partial charge < -0.3 is 37.3 Å². The van der Waals surface area contributed by atoms with Crippen molar-refractivity contribution in [2.24, 2.45) is 11.5 Å². The first-order chi connectivity index (χ1) is 12.7. The summed E-state index contributed by atoms with van der Waals surface area (Å²) in [6.45, 7) is 1.55. The summed E-state index contributed by atoms with van der Waals surface area (Å²) >= 11 is 13.0. The molecular formula is C17H24Cl2N6O2. The van der Waals surface area contributed by atoms with E-state index in [1.54, 1.807) is 30.2 Å². The molecule has 0 amide bonds. The van der Waals surface area contributed by atoms with Crippen LogP contribution in [0.2, 0.25) is 5.02 Å². The van der Waals surface area contributed by atoms with E-state index in [-0.39, 0.29) is 16.7 Å². The lowest BCUT2D eigenvalue weighted by atomic mass is 9.89. The largest absolute Gasteiger partial charge is 0.385 e. The van der Waals surface area contributed by atoms with Crippen LogP contribution in [0.4, 0.5) is 11.6 Å². The summed E-state index contributed by atoms with van der Waals surface area (Å²) in [7, 11) is 1.67. The van der Waals surface area contributed by atoms with E-state index in [0.717, 1.165) is 0 Å². The van der Waals surface area contributed by atoms with Crippen LogP contribution in [0, 0.1) is 0 Å². The average Bonchev–Trinajstić information content (AvgIpc) is 2.65. The van der Waals surface area contributed by atoms with Gasteiger partial charge >= 0.3 is 0 Å². The molecule has 0 aliphatic carbocycles. The fourth-order valence-corrected chi connectivity index (χ4v) is 4.01. The summed E-state index contributed by atoms with van der Waals surface area (Å²) in [6, 6.07) is 1.56. The zero-order valence-electron chi connectivity index (χ0n) is 15.0. The molecule has 0 bridgehead atoms. The van der Waals surface area contributed by atoms with Gasteiger partial charge in [-0.3, -0.25) is 0 Å². The van der Waals surface area contributed by atoms with Crippen LogP contribution in [0.15, 0.2) is 29.1 Å². The summed E-state index contributed by atoms with van der Waals surface area (Å²) in [5.74, 6) is 0.679. The van der Waals surface area contributed by atoms with Crippen LogP contribution >= 0.6 is 23.2 Å². The van der Waals surface area contributed by atoms with Crippen molar-refractivity contribution in [3.8, 4) is 0 Å². The van der Waals surface area contributed by atoms with Gasteiger partial charge in [0.05, 0.1) is 22.2 Å². The van der Waals surface area contributed by atoms with Gasteiger partial charge in [-0.25, -0.2) is 4.98 Å². The second-order valence-electron chi connectivity index (χ2n) is 6.75. The molecule has 0 radical (unpaired) electrons. The Bertz CT molecular complexity index is 794. The molecule has 3 rings (SSSR count). The van der Waals surface area contributed by atoms with Gasteiger partial charge in [0.15, 0.2) is 5.66 Å². The third kappa shape index (κ3) is 3.43. The number of nitrogens with two attached hydrogens (primary N) is 4. The minimum Gasteiger partial charge on any atom is -0.385 e. The molecule has 1 aromatic rings. The van der Waals surface area contributed by atoms with Crippen molar-refractivity contribution in [2.75, 3.05) is 38.3 Å². The number of nitrogens with zero attached hydrogens (tertiary/aromatic N) is 2. The summed E-state index contributed by atoms with van der Waals surface area (Å²) in [5, 5.41) is 0.498. The second kappa shape index (κ2) is 7.37. The Morgan fingerprint density at radius 3 is 2.52 bits per heavy atom. The molecule has 2 aliphatic heterocycles. The maximum Gasteiger partial charge on any atom is 0.155 e. The third-order valence-electron chi connectivity index (χ3n) is 5.20. The number of hydrogen-bond acceptors (Lipinski definition) is 8. The highest BCUT2D eigenvalue weighted by molar-refractivity contribution is 6.35. The third-order valence-corrected chi connectivity index (χ3v) is 6.01. The molecule has 8 nitrogen and oxygen atoms in total. The van der Waals surface area contributed by atoms with Crippen molar-refractivity contribution in [3.05, 3.63) is 39.7 Å². The SMILES string of the molecule is COC1(CN2C(N)=CC=C(Cl)C2(N)c2cc(N)nc(N)c2Cl)CCOCC1. The lowest BCUT2D eigenvalue weighted by Crippen LogP contribution is -2.61. The summed E-state index contributed by atoms with van der Waals surface area (Å²) in [5.41, 5.74) is 23.5. The molecule has 0 spiro atoms. The highest BCUT2D eigenvalue weighted by atomic mass is 35.5. The van der Waals surface area contributed by atoms with Gasteiger partial charge in [-0.05, 0) is 18.2 Å². The number of halogens is 2. The molecule has 8 N–H and O–H groups in total. The molecule has 1 aromatic heterocycles. The van der Waals surface area contributed by atoms with Crippen LogP contribution in [0.25, 0.3) is 0 Å². The van der Waals surface area contributed by atoms with Crippen molar-refractivity contribution < 1.29 is 9.47 Å². The molecule has 10 heteroatoms.